The van der Waals surface area contributed by atoms with Crippen molar-refractivity contribution in [2.75, 3.05) is 31.7 Å². The first-order valence-corrected chi connectivity index (χ1v) is 12.9. The third-order valence-electron chi connectivity index (χ3n) is 7.42. The highest BCUT2D eigenvalue weighted by molar-refractivity contribution is 5.86. The molecular formula is C28H28F2N6O3. The molecule has 4 aromatic rings. The molecule has 6 rings (SSSR count). The summed E-state index contributed by atoms with van der Waals surface area (Å²) in [6.45, 7) is 3.08. The number of anilines is 1. The zero-order valence-corrected chi connectivity index (χ0v) is 21.5. The van der Waals surface area contributed by atoms with E-state index in [-0.39, 0.29) is 29.2 Å². The number of nitrogens with zero attached hydrogens (tertiary/aromatic N) is 6. The van der Waals surface area contributed by atoms with E-state index >= 15 is 0 Å². The van der Waals surface area contributed by atoms with Crippen LogP contribution in [0.15, 0.2) is 54.0 Å². The summed E-state index contributed by atoms with van der Waals surface area (Å²) in [7, 11) is 1.57. The summed E-state index contributed by atoms with van der Waals surface area (Å²) in [4.78, 5) is 31.0. The van der Waals surface area contributed by atoms with Crippen LogP contribution >= 0.6 is 0 Å². The normalized spacial score (nSPS) is 16.9. The topological polar surface area (TPSA) is 85.6 Å². The monoisotopic (exact) mass is 534 g/mol. The van der Waals surface area contributed by atoms with E-state index in [1.807, 2.05) is 12.1 Å². The highest BCUT2D eigenvalue weighted by Gasteiger charge is 2.29. The summed E-state index contributed by atoms with van der Waals surface area (Å²) >= 11 is 0. The molecule has 39 heavy (non-hydrogen) atoms. The molecule has 0 spiro atoms. The maximum atomic E-state index is 14.5. The summed E-state index contributed by atoms with van der Waals surface area (Å²) in [5.74, 6) is -1.03. The van der Waals surface area contributed by atoms with Crippen LogP contribution in [0.3, 0.4) is 0 Å². The fourth-order valence-corrected chi connectivity index (χ4v) is 5.55. The van der Waals surface area contributed by atoms with Gasteiger partial charge in [0.05, 0.1) is 30.8 Å². The molecule has 1 aromatic carbocycles. The van der Waals surface area contributed by atoms with Crippen LogP contribution < -0.4 is 19.8 Å². The van der Waals surface area contributed by atoms with Gasteiger partial charge in [-0.2, -0.15) is 4.39 Å². The van der Waals surface area contributed by atoms with E-state index in [0.29, 0.717) is 43.1 Å². The zero-order valence-electron chi connectivity index (χ0n) is 21.5. The Hall–Kier alpha value is -4.12. The van der Waals surface area contributed by atoms with E-state index in [9.17, 15) is 13.6 Å². The van der Waals surface area contributed by atoms with Crippen molar-refractivity contribution < 1.29 is 18.3 Å². The molecule has 2 aliphatic rings. The molecule has 3 aromatic heterocycles. The van der Waals surface area contributed by atoms with Crippen molar-refractivity contribution >= 4 is 16.7 Å². The van der Waals surface area contributed by atoms with E-state index in [0.717, 1.165) is 36.8 Å². The van der Waals surface area contributed by atoms with Crippen molar-refractivity contribution in [1.82, 2.24) is 24.4 Å². The van der Waals surface area contributed by atoms with E-state index in [2.05, 4.69) is 24.8 Å². The Bertz CT molecular complexity index is 1560. The van der Waals surface area contributed by atoms with Crippen LogP contribution in [0.2, 0.25) is 0 Å². The van der Waals surface area contributed by atoms with E-state index in [1.165, 1.54) is 0 Å². The SMILES string of the molecule is COc1cc(CN(Cc2cn3c4c(c(F)c(F)cc4c2=O)OCC3)[C@H]2CCCN(c3cnccn3)C2)ccn1. The van der Waals surface area contributed by atoms with E-state index < -0.39 is 11.6 Å². The number of halogens is 2. The van der Waals surface area contributed by atoms with Gasteiger partial charge in [-0.05, 0) is 30.5 Å². The molecule has 5 heterocycles. The van der Waals surface area contributed by atoms with Gasteiger partial charge in [0.25, 0.3) is 0 Å². The molecule has 0 unspecified atom stereocenters. The van der Waals surface area contributed by atoms with Crippen molar-refractivity contribution in [1.29, 1.82) is 0 Å². The molecule has 2 aliphatic heterocycles. The Kier molecular flexibility index (Phi) is 6.82. The number of methoxy groups -OCH3 is 1. The first-order valence-electron chi connectivity index (χ1n) is 12.9. The van der Waals surface area contributed by atoms with Gasteiger partial charge in [-0.25, -0.2) is 14.4 Å². The quantitative estimate of drug-likeness (QED) is 0.356. The number of ether oxygens (including phenoxy) is 2. The number of piperidine rings is 1. The van der Waals surface area contributed by atoms with Gasteiger partial charge in [-0.3, -0.25) is 14.7 Å². The maximum Gasteiger partial charge on any atom is 0.213 e. The smallest absolute Gasteiger partial charge is 0.213 e. The molecule has 1 saturated heterocycles. The average molecular weight is 535 g/mol. The third-order valence-corrected chi connectivity index (χ3v) is 7.42. The Labute approximate surface area is 223 Å². The number of hydrogen-bond donors (Lipinski definition) is 0. The van der Waals surface area contributed by atoms with Gasteiger partial charge in [0.15, 0.2) is 17.0 Å². The van der Waals surface area contributed by atoms with Crippen LogP contribution in [0.25, 0.3) is 10.9 Å². The predicted molar refractivity (Wildman–Crippen MR) is 141 cm³/mol. The highest BCUT2D eigenvalue weighted by atomic mass is 19.2. The van der Waals surface area contributed by atoms with Crippen molar-refractivity contribution in [2.45, 2.75) is 38.5 Å². The lowest BCUT2D eigenvalue weighted by Crippen LogP contribution is -2.48. The molecular weight excluding hydrogens is 506 g/mol. The first kappa shape index (κ1) is 25.2. The molecule has 11 heteroatoms. The maximum absolute atomic E-state index is 14.5. The van der Waals surface area contributed by atoms with Gasteiger partial charge in [-0.1, -0.05) is 0 Å². The second-order valence-electron chi connectivity index (χ2n) is 9.84. The second-order valence-corrected chi connectivity index (χ2v) is 9.84. The number of benzene rings is 1. The number of rotatable bonds is 7. The van der Waals surface area contributed by atoms with Gasteiger partial charge in [0, 0.05) is 68.6 Å². The summed E-state index contributed by atoms with van der Waals surface area (Å²) < 4.78 is 41.4. The molecule has 1 atom stereocenters. The summed E-state index contributed by atoms with van der Waals surface area (Å²) in [5.41, 5.74) is 1.47. The molecule has 0 amide bonds. The Morgan fingerprint density at radius 1 is 1.15 bits per heavy atom. The lowest BCUT2D eigenvalue weighted by atomic mass is 10.0. The standard InChI is InChI=1S/C28H28F2N6O3/c1-38-24-11-18(4-5-33-24)14-36(20-3-2-8-34(17-20)23-13-31-6-7-32-23)16-19-15-35-9-10-39-28-25(30)22(29)12-21(26(28)35)27(19)37/h4-7,11-13,15,20H,2-3,8-10,14,16-17H2,1H3/t20-/m0/s1. The lowest BCUT2D eigenvalue weighted by molar-refractivity contribution is 0.157. The predicted octanol–water partition coefficient (Wildman–Crippen LogP) is 3.54. The van der Waals surface area contributed by atoms with Crippen LogP contribution in [0.5, 0.6) is 11.6 Å². The van der Waals surface area contributed by atoms with E-state index in [1.54, 1.807) is 42.7 Å². The number of pyridine rings is 2. The number of hydrogen-bond acceptors (Lipinski definition) is 8. The van der Waals surface area contributed by atoms with E-state index in [4.69, 9.17) is 9.47 Å². The average Bonchev–Trinajstić information content (AvgIpc) is 2.98. The minimum Gasteiger partial charge on any atom is -0.486 e. The van der Waals surface area contributed by atoms with Gasteiger partial charge in [0.2, 0.25) is 11.7 Å². The molecule has 1 fully saturated rings. The van der Waals surface area contributed by atoms with Crippen molar-refractivity contribution in [2.24, 2.45) is 0 Å². The number of aromatic nitrogens is 4. The molecule has 0 bridgehead atoms. The van der Waals surface area contributed by atoms with Gasteiger partial charge < -0.3 is 18.9 Å². The molecule has 202 valence electrons. The third kappa shape index (κ3) is 4.89. The molecule has 0 radical (unpaired) electrons. The fourth-order valence-electron chi connectivity index (χ4n) is 5.55. The fraction of sp³-hybridized carbons (Fsp3) is 0.357. The lowest BCUT2D eigenvalue weighted by Gasteiger charge is -2.40. The Balaban J connectivity index is 1.38. The Morgan fingerprint density at radius 2 is 2.05 bits per heavy atom. The van der Waals surface area contributed by atoms with Gasteiger partial charge in [-0.15, -0.1) is 0 Å². The van der Waals surface area contributed by atoms with Crippen LogP contribution in [0.4, 0.5) is 14.6 Å². The second kappa shape index (κ2) is 10.6. The highest BCUT2D eigenvalue weighted by Crippen LogP contribution is 2.33. The molecule has 0 aliphatic carbocycles. The molecule has 0 saturated carbocycles. The van der Waals surface area contributed by atoms with Crippen LogP contribution in [-0.2, 0) is 19.6 Å². The minimum atomic E-state index is -1.09. The van der Waals surface area contributed by atoms with Crippen LogP contribution in [-0.4, -0.2) is 57.3 Å². The molecule has 0 N–H and O–H groups in total. The van der Waals surface area contributed by atoms with Crippen molar-refractivity contribution in [3.8, 4) is 11.6 Å². The van der Waals surface area contributed by atoms with Crippen molar-refractivity contribution in [3.63, 3.8) is 0 Å². The summed E-state index contributed by atoms with van der Waals surface area (Å²) in [6, 6.07) is 4.90. The molecule has 9 nitrogen and oxygen atoms in total. The van der Waals surface area contributed by atoms with Crippen LogP contribution in [0.1, 0.15) is 24.0 Å². The van der Waals surface area contributed by atoms with Gasteiger partial charge in [0.1, 0.15) is 12.4 Å². The Morgan fingerprint density at radius 3 is 2.87 bits per heavy atom. The summed E-state index contributed by atoms with van der Waals surface area (Å²) in [6.07, 6.45) is 10.4. The van der Waals surface area contributed by atoms with Gasteiger partial charge >= 0.3 is 0 Å². The zero-order chi connectivity index (χ0) is 26.9. The largest absolute Gasteiger partial charge is 0.486 e. The summed E-state index contributed by atoms with van der Waals surface area (Å²) in [5, 5.41) is 0.122. The van der Waals surface area contributed by atoms with Crippen molar-refractivity contribution in [3.05, 3.63) is 82.2 Å². The van der Waals surface area contributed by atoms with Crippen LogP contribution in [0, 0.1) is 11.6 Å². The minimum absolute atomic E-state index is 0.0974. The first-order chi connectivity index (χ1) is 19.0.